The van der Waals surface area contributed by atoms with Crippen LogP contribution in [0.5, 0.6) is 0 Å². The molecule has 2 N–H and O–H groups in total. The van der Waals surface area contributed by atoms with Crippen LogP contribution in [0.25, 0.3) is 0 Å². The van der Waals surface area contributed by atoms with Crippen LogP contribution in [0, 0.1) is 0 Å². The van der Waals surface area contributed by atoms with Crippen molar-refractivity contribution in [3.8, 4) is 0 Å². The molecular weight excluding hydrogens is 212 g/mol. The Morgan fingerprint density at radius 1 is 1.06 bits per heavy atom. The van der Waals surface area contributed by atoms with E-state index in [0.29, 0.717) is 0 Å². The van der Waals surface area contributed by atoms with Gasteiger partial charge in [-0.3, -0.25) is 4.98 Å². The van der Waals surface area contributed by atoms with E-state index in [9.17, 15) is 0 Å². The molecule has 4 nitrogen and oxygen atoms in total. The van der Waals surface area contributed by atoms with Crippen LogP contribution in [0.3, 0.4) is 0 Å². The molecule has 1 saturated carbocycles. The van der Waals surface area contributed by atoms with Gasteiger partial charge in [-0.15, -0.1) is 0 Å². The van der Waals surface area contributed by atoms with Crippen LogP contribution in [-0.2, 0) is 0 Å². The van der Waals surface area contributed by atoms with Crippen LogP contribution >= 0.6 is 0 Å². The van der Waals surface area contributed by atoms with Crippen molar-refractivity contribution >= 4 is 5.82 Å². The van der Waals surface area contributed by atoms with Crippen LogP contribution in [0.4, 0.5) is 5.82 Å². The van der Waals surface area contributed by atoms with Crippen LogP contribution in [0.2, 0.25) is 0 Å². The lowest BCUT2D eigenvalue weighted by Gasteiger charge is -2.16. The predicted octanol–water partition coefficient (Wildman–Crippen LogP) is 2.20. The molecule has 1 aromatic heterocycles. The Morgan fingerprint density at radius 3 is 2.59 bits per heavy atom. The molecule has 0 aromatic carbocycles. The molecule has 0 amide bonds. The highest BCUT2D eigenvalue weighted by molar-refractivity contribution is 5.29. The predicted molar refractivity (Wildman–Crippen MR) is 70.0 cm³/mol. The zero-order chi connectivity index (χ0) is 11.8. The van der Waals surface area contributed by atoms with Gasteiger partial charge in [0.2, 0.25) is 0 Å². The van der Waals surface area contributed by atoms with Crippen molar-refractivity contribution in [1.82, 2.24) is 15.3 Å². The summed E-state index contributed by atoms with van der Waals surface area (Å²) in [5.74, 6) is 0.857. The monoisotopic (exact) mass is 234 g/mol. The average Bonchev–Trinajstić information content (AvgIpc) is 2.65. The fourth-order valence-electron chi connectivity index (χ4n) is 2.34. The molecule has 0 atom stereocenters. The van der Waals surface area contributed by atoms with E-state index >= 15 is 0 Å². The Morgan fingerprint density at radius 2 is 1.88 bits per heavy atom. The van der Waals surface area contributed by atoms with Gasteiger partial charge in [-0.25, -0.2) is 4.98 Å². The fourth-order valence-corrected chi connectivity index (χ4v) is 2.34. The second-order valence-electron chi connectivity index (χ2n) is 4.66. The summed E-state index contributed by atoms with van der Waals surface area (Å²) in [7, 11) is 0. The maximum Gasteiger partial charge on any atom is 0.144 e. The van der Waals surface area contributed by atoms with Crippen LogP contribution in [0.15, 0.2) is 18.6 Å². The summed E-state index contributed by atoms with van der Waals surface area (Å²) in [6.45, 7) is 1.91. The van der Waals surface area contributed by atoms with Gasteiger partial charge in [-0.1, -0.05) is 25.7 Å². The molecule has 1 aliphatic carbocycles. The van der Waals surface area contributed by atoms with Gasteiger partial charge in [0.15, 0.2) is 0 Å². The molecule has 0 spiro atoms. The Balaban J connectivity index is 1.59. The lowest BCUT2D eigenvalue weighted by atomic mass is 10.1. The molecule has 94 valence electrons. The van der Waals surface area contributed by atoms with E-state index in [4.69, 9.17) is 0 Å². The first-order valence-corrected chi connectivity index (χ1v) is 6.68. The molecule has 0 saturated heterocycles. The lowest BCUT2D eigenvalue weighted by Crippen LogP contribution is -2.32. The van der Waals surface area contributed by atoms with Gasteiger partial charge in [0.1, 0.15) is 5.82 Å². The van der Waals surface area contributed by atoms with Crippen molar-refractivity contribution in [2.75, 3.05) is 18.4 Å². The fraction of sp³-hybridized carbons (Fsp3) is 0.692. The van der Waals surface area contributed by atoms with Crippen LogP contribution in [0.1, 0.15) is 38.5 Å². The molecule has 2 rings (SSSR count). The molecule has 0 bridgehead atoms. The van der Waals surface area contributed by atoms with Crippen molar-refractivity contribution in [3.05, 3.63) is 18.6 Å². The molecule has 0 unspecified atom stereocenters. The summed E-state index contributed by atoms with van der Waals surface area (Å²) in [5, 5.41) is 6.88. The third-order valence-electron chi connectivity index (χ3n) is 3.28. The van der Waals surface area contributed by atoms with Gasteiger partial charge in [-0.05, 0) is 12.8 Å². The summed E-state index contributed by atoms with van der Waals surface area (Å²) in [5.41, 5.74) is 0. The first kappa shape index (κ1) is 12.3. The number of nitrogens with one attached hydrogen (secondary N) is 2. The minimum absolute atomic E-state index is 0.723. The van der Waals surface area contributed by atoms with Gasteiger partial charge in [0.25, 0.3) is 0 Å². The maximum absolute atomic E-state index is 4.18. The van der Waals surface area contributed by atoms with Crippen LogP contribution in [-0.4, -0.2) is 29.1 Å². The van der Waals surface area contributed by atoms with Gasteiger partial charge >= 0.3 is 0 Å². The molecule has 1 aromatic rings. The minimum atomic E-state index is 0.723. The first-order chi connectivity index (χ1) is 8.45. The van der Waals surface area contributed by atoms with E-state index in [0.717, 1.165) is 24.9 Å². The highest BCUT2D eigenvalue weighted by atomic mass is 15.0. The van der Waals surface area contributed by atoms with Crippen molar-refractivity contribution in [3.63, 3.8) is 0 Å². The number of rotatable bonds is 5. The molecular formula is C13H22N4. The SMILES string of the molecule is c1cnc(NCCNC2CCCCCC2)cn1. The van der Waals surface area contributed by atoms with Crippen molar-refractivity contribution in [2.24, 2.45) is 0 Å². The molecule has 0 aliphatic heterocycles. The highest BCUT2D eigenvalue weighted by Crippen LogP contribution is 2.16. The van der Waals surface area contributed by atoms with Gasteiger partial charge < -0.3 is 10.6 Å². The summed E-state index contributed by atoms with van der Waals surface area (Å²) in [4.78, 5) is 8.20. The van der Waals surface area contributed by atoms with E-state index < -0.39 is 0 Å². The zero-order valence-electron chi connectivity index (χ0n) is 10.4. The zero-order valence-corrected chi connectivity index (χ0v) is 10.4. The minimum Gasteiger partial charge on any atom is -0.368 e. The maximum atomic E-state index is 4.18. The van der Waals surface area contributed by atoms with Crippen molar-refractivity contribution in [2.45, 2.75) is 44.6 Å². The topological polar surface area (TPSA) is 49.8 Å². The van der Waals surface area contributed by atoms with E-state index in [1.807, 2.05) is 0 Å². The number of nitrogens with zero attached hydrogens (tertiary/aromatic N) is 2. The molecule has 1 fully saturated rings. The summed E-state index contributed by atoms with van der Waals surface area (Å²) >= 11 is 0. The lowest BCUT2D eigenvalue weighted by molar-refractivity contribution is 0.468. The van der Waals surface area contributed by atoms with E-state index in [-0.39, 0.29) is 0 Å². The van der Waals surface area contributed by atoms with Gasteiger partial charge in [0.05, 0.1) is 6.20 Å². The Labute approximate surface area is 103 Å². The highest BCUT2D eigenvalue weighted by Gasteiger charge is 2.10. The standard InChI is InChI=1S/C13H22N4/c1-2-4-6-12(5-3-1)15-9-10-17-13-11-14-7-8-16-13/h7-8,11-12,15H,1-6,9-10H2,(H,16,17). The summed E-state index contributed by atoms with van der Waals surface area (Å²) < 4.78 is 0. The van der Waals surface area contributed by atoms with Crippen molar-refractivity contribution in [1.29, 1.82) is 0 Å². The first-order valence-electron chi connectivity index (χ1n) is 6.68. The number of hydrogen-bond donors (Lipinski definition) is 2. The molecule has 0 radical (unpaired) electrons. The van der Waals surface area contributed by atoms with E-state index in [2.05, 4.69) is 20.6 Å². The van der Waals surface area contributed by atoms with E-state index in [1.165, 1.54) is 38.5 Å². The second kappa shape index (κ2) is 7.22. The second-order valence-corrected chi connectivity index (χ2v) is 4.66. The molecule has 17 heavy (non-hydrogen) atoms. The quantitative estimate of drug-likeness (QED) is 0.606. The van der Waals surface area contributed by atoms with Crippen LogP contribution < -0.4 is 10.6 Å². The Bertz CT molecular complexity index is 294. The number of hydrogen-bond acceptors (Lipinski definition) is 4. The molecule has 1 aliphatic rings. The Hall–Kier alpha value is -1.16. The van der Waals surface area contributed by atoms with E-state index in [1.54, 1.807) is 18.6 Å². The average molecular weight is 234 g/mol. The number of aromatic nitrogens is 2. The van der Waals surface area contributed by atoms with Crippen molar-refractivity contribution < 1.29 is 0 Å². The molecule has 4 heteroatoms. The largest absolute Gasteiger partial charge is 0.368 e. The smallest absolute Gasteiger partial charge is 0.144 e. The third-order valence-corrected chi connectivity index (χ3v) is 3.28. The van der Waals surface area contributed by atoms with Gasteiger partial charge in [0, 0.05) is 31.5 Å². The Kier molecular flexibility index (Phi) is 5.23. The third kappa shape index (κ3) is 4.69. The molecule has 1 heterocycles. The summed E-state index contributed by atoms with van der Waals surface area (Å²) in [6.07, 6.45) is 13.4. The normalized spacial score (nSPS) is 17.6. The summed E-state index contributed by atoms with van der Waals surface area (Å²) in [6, 6.07) is 0.723. The van der Waals surface area contributed by atoms with Gasteiger partial charge in [-0.2, -0.15) is 0 Å². The number of anilines is 1.